The molecular formula is C21H22N2O2. The number of likely N-dealkylation sites (N-methyl/N-ethyl adjacent to an activating group) is 1. The van der Waals surface area contributed by atoms with Crippen molar-refractivity contribution in [3.63, 3.8) is 0 Å². The first-order valence-corrected chi connectivity index (χ1v) is 8.50. The normalized spacial score (nSPS) is 19.0. The minimum Gasteiger partial charge on any atom is -0.364 e. The van der Waals surface area contributed by atoms with E-state index in [1.165, 1.54) is 0 Å². The summed E-state index contributed by atoms with van der Waals surface area (Å²) in [5.74, 6) is -0.203. The van der Waals surface area contributed by atoms with Crippen LogP contribution >= 0.6 is 0 Å². The van der Waals surface area contributed by atoms with Crippen molar-refractivity contribution >= 4 is 17.4 Å². The first-order valence-electron chi connectivity index (χ1n) is 8.50. The van der Waals surface area contributed by atoms with Crippen molar-refractivity contribution in [1.29, 1.82) is 0 Å². The maximum atomic E-state index is 12.9. The van der Waals surface area contributed by atoms with Crippen LogP contribution < -0.4 is 5.32 Å². The van der Waals surface area contributed by atoms with Gasteiger partial charge in [0.2, 0.25) is 5.91 Å². The molecule has 4 nitrogen and oxygen atoms in total. The van der Waals surface area contributed by atoms with E-state index in [0.717, 1.165) is 6.54 Å². The molecule has 0 bridgehead atoms. The van der Waals surface area contributed by atoms with Gasteiger partial charge in [-0.1, -0.05) is 48.5 Å². The summed E-state index contributed by atoms with van der Waals surface area (Å²) < 4.78 is 0. The molecule has 0 saturated heterocycles. The highest BCUT2D eigenvalue weighted by Crippen LogP contribution is 2.29. The highest BCUT2D eigenvalue weighted by Gasteiger charge is 2.39. The lowest BCUT2D eigenvalue weighted by Gasteiger charge is -2.34. The number of amides is 1. The molecule has 128 valence electrons. The maximum absolute atomic E-state index is 12.9. The number of carbonyl (C=O) groups is 2. The SMILES string of the molecule is CCN1C=CC[C@@]1(C)C(=O)Nc1ccccc1C(=O)c1ccccc1. The quantitative estimate of drug-likeness (QED) is 0.845. The molecule has 2 aromatic carbocycles. The monoisotopic (exact) mass is 334 g/mol. The van der Waals surface area contributed by atoms with Crippen LogP contribution in [0.3, 0.4) is 0 Å². The maximum Gasteiger partial charge on any atom is 0.250 e. The Hall–Kier alpha value is -2.88. The van der Waals surface area contributed by atoms with Crippen molar-refractivity contribution < 1.29 is 9.59 Å². The average Bonchev–Trinajstić information content (AvgIpc) is 3.04. The van der Waals surface area contributed by atoms with Crippen molar-refractivity contribution in [2.45, 2.75) is 25.8 Å². The molecule has 0 aromatic heterocycles. The van der Waals surface area contributed by atoms with E-state index in [1.54, 1.807) is 24.3 Å². The van der Waals surface area contributed by atoms with Gasteiger partial charge in [0.1, 0.15) is 5.54 Å². The molecule has 1 aliphatic rings. The predicted molar refractivity (Wildman–Crippen MR) is 99.5 cm³/mol. The Morgan fingerprint density at radius 3 is 2.48 bits per heavy atom. The fraction of sp³-hybridized carbons (Fsp3) is 0.238. The standard InChI is InChI=1S/C21H22N2O2/c1-3-23-15-9-14-21(23,2)20(25)22-18-13-8-7-12-17(18)19(24)16-10-5-4-6-11-16/h4-13,15H,3,14H2,1-2H3,(H,22,25)/t21-/m0/s1. The number of carbonyl (C=O) groups excluding carboxylic acids is 2. The van der Waals surface area contributed by atoms with E-state index in [1.807, 2.05) is 61.4 Å². The van der Waals surface area contributed by atoms with Crippen LogP contribution in [0.1, 0.15) is 36.2 Å². The summed E-state index contributed by atoms with van der Waals surface area (Å²) in [5, 5.41) is 2.97. The van der Waals surface area contributed by atoms with Gasteiger partial charge in [-0.2, -0.15) is 0 Å². The van der Waals surface area contributed by atoms with E-state index >= 15 is 0 Å². The molecule has 1 heterocycles. The van der Waals surface area contributed by atoms with E-state index in [4.69, 9.17) is 0 Å². The molecule has 0 unspecified atom stereocenters. The number of benzene rings is 2. The third kappa shape index (κ3) is 3.20. The fourth-order valence-electron chi connectivity index (χ4n) is 3.16. The number of anilines is 1. The Morgan fingerprint density at radius 2 is 1.76 bits per heavy atom. The zero-order chi connectivity index (χ0) is 17.9. The van der Waals surface area contributed by atoms with E-state index < -0.39 is 5.54 Å². The van der Waals surface area contributed by atoms with E-state index in [2.05, 4.69) is 5.32 Å². The van der Waals surface area contributed by atoms with Gasteiger partial charge in [0.25, 0.3) is 0 Å². The summed E-state index contributed by atoms with van der Waals surface area (Å²) in [4.78, 5) is 27.7. The number of rotatable bonds is 5. The highest BCUT2D eigenvalue weighted by atomic mass is 16.2. The van der Waals surface area contributed by atoms with Gasteiger partial charge < -0.3 is 10.2 Å². The third-order valence-corrected chi connectivity index (χ3v) is 4.72. The lowest BCUT2D eigenvalue weighted by atomic mass is 9.96. The van der Waals surface area contributed by atoms with E-state index in [-0.39, 0.29) is 11.7 Å². The molecule has 1 amide bonds. The molecule has 0 aliphatic carbocycles. The minimum atomic E-state index is -0.627. The van der Waals surface area contributed by atoms with Crippen LogP contribution in [0.15, 0.2) is 66.9 Å². The summed E-state index contributed by atoms with van der Waals surface area (Å²) in [6, 6.07) is 16.3. The second kappa shape index (κ2) is 6.93. The van der Waals surface area contributed by atoms with Crippen LogP contribution in [0, 0.1) is 0 Å². The minimum absolute atomic E-state index is 0.0986. The predicted octanol–water partition coefficient (Wildman–Crippen LogP) is 3.85. The van der Waals surface area contributed by atoms with Gasteiger partial charge in [0, 0.05) is 17.7 Å². The van der Waals surface area contributed by atoms with Crippen molar-refractivity contribution in [3.05, 3.63) is 78.0 Å². The highest BCUT2D eigenvalue weighted by molar-refractivity contribution is 6.14. The average molecular weight is 334 g/mol. The molecule has 1 N–H and O–H groups in total. The summed E-state index contributed by atoms with van der Waals surface area (Å²) in [6.07, 6.45) is 4.62. The summed E-state index contributed by atoms with van der Waals surface area (Å²) >= 11 is 0. The number of hydrogen-bond acceptors (Lipinski definition) is 3. The zero-order valence-corrected chi connectivity index (χ0v) is 14.5. The second-order valence-corrected chi connectivity index (χ2v) is 6.34. The van der Waals surface area contributed by atoms with E-state index in [9.17, 15) is 9.59 Å². The number of ketones is 1. The molecule has 0 saturated carbocycles. The molecular weight excluding hydrogens is 312 g/mol. The topological polar surface area (TPSA) is 49.4 Å². The Bertz CT molecular complexity index is 814. The van der Waals surface area contributed by atoms with Gasteiger partial charge in [-0.3, -0.25) is 9.59 Å². The molecule has 4 heteroatoms. The van der Waals surface area contributed by atoms with Crippen molar-refractivity contribution in [3.8, 4) is 0 Å². The first kappa shape index (κ1) is 17.0. The van der Waals surface area contributed by atoms with Gasteiger partial charge in [-0.15, -0.1) is 0 Å². The summed E-state index contributed by atoms with van der Waals surface area (Å²) in [6.45, 7) is 4.70. The van der Waals surface area contributed by atoms with Gasteiger partial charge in [0.15, 0.2) is 5.78 Å². The lowest BCUT2D eigenvalue weighted by molar-refractivity contribution is -0.124. The molecule has 1 atom stereocenters. The summed E-state index contributed by atoms with van der Waals surface area (Å²) in [7, 11) is 0. The van der Waals surface area contributed by atoms with Crippen molar-refractivity contribution in [2.24, 2.45) is 0 Å². The first-order chi connectivity index (χ1) is 12.1. The largest absolute Gasteiger partial charge is 0.364 e. The number of nitrogens with one attached hydrogen (secondary N) is 1. The molecule has 0 fully saturated rings. The summed E-state index contributed by atoms with van der Waals surface area (Å²) in [5.41, 5.74) is 1.02. The zero-order valence-electron chi connectivity index (χ0n) is 14.5. The van der Waals surface area contributed by atoms with Crippen molar-refractivity contribution in [1.82, 2.24) is 4.90 Å². The molecule has 2 aromatic rings. The van der Waals surface area contributed by atoms with Crippen LogP contribution in [0.2, 0.25) is 0 Å². The number of para-hydroxylation sites is 1. The molecule has 25 heavy (non-hydrogen) atoms. The van der Waals surface area contributed by atoms with Gasteiger partial charge in [-0.25, -0.2) is 0 Å². The van der Waals surface area contributed by atoms with Gasteiger partial charge >= 0.3 is 0 Å². The van der Waals surface area contributed by atoms with E-state index in [0.29, 0.717) is 23.2 Å². The third-order valence-electron chi connectivity index (χ3n) is 4.72. The molecule has 0 radical (unpaired) electrons. The fourth-order valence-corrected chi connectivity index (χ4v) is 3.16. The Morgan fingerprint density at radius 1 is 1.08 bits per heavy atom. The number of hydrogen-bond donors (Lipinski definition) is 1. The van der Waals surface area contributed by atoms with Crippen LogP contribution in [0.5, 0.6) is 0 Å². The Balaban J connectivity index is 1.87. The lowest BCUT2D eigenvalue weighted by Crippen LogP contribution is -2.50. The van der Waals surface area contributed by atoms with Crippen LogP contribution in [-0.4, -0.2) is 28.7 Å². The van der Waals surface area contributed by atoms with Crippen LogP contribution in [-0.2, 0) is 4.79 Å². The van der Waals surface area contributed by atoms with Gasteiger partial charge in [-0.05, 0) is 38.6 Å². The number of nitrogens with zero attached hydrogens (tertiary/aromatic N) is 1. The van der Waals surface area contributed by atoms with Crippen LogP contribution in [0.4, 0.5) is 5.69 Å². The Labute approximate surface area is 148 Å². The molecule has 1 aliphatic heterocycles. The van der Waals surface area contributed by atoms with Crippen LogP contribution in [0.25, 0.3) is 0 Å². The van der Waals surface area contributed by atoms with Crippen molar-refractivity contribution in [2.75, 3.05) is 11.9 Å². The molecule has 3 rings (SSSR count). The smallest absolute Gasteiger partial charge is 0.250 e. The molecule has 0 spiro atoms. The Kier molecular flexibility index (Phi) is 4.70. The van der Waals surface area contributed by atoms with Gasteiger partial charge in [0.05, 0.1) is 5.69 Å². The second-order valence-electron chi connectivity index (χ2n) is 6.34.